The number of furan rings is 1. The Bertz CT molecular complexity index is 1620. The predicted octanol–water partition coefficient (Wildman–Crippen LogP) is 4.91. The predicted molar refractivity (Wildman–Crippen MR) is 134 cm³/mol. The molecule has 0 saturated heterocycles. The fourth-order valence-electron chi connectivity index (χ4n) is 4.28. The summed E-state index contributed by atoms with van der Waals surface area (Å²) < 4.78 is 13.3. The third kappa shape index (κ3) is 3.67. The van der Waals surface area contributed by atoms with Crippen molar-refractivity contribution in [3.63, 3.8) is 0 Å². The summed E-state index contributed by atoms with van der Waals surface area (Å²) in [4.78, 5) is 26.9. The van der Waals surface area contributed by atoms with Crippen molar-refractivity contribution < 1.29 is 18.7 Å². The lowest BCUT2D eigenvalue weighted by molar-refractivity contribution is -0.140. The summed E-state index contributed by atoms with van der Waals surface area (Å²) >= 11 is 0. The third-order valence-corrected chi connectivity index (χ3v) is 6.17. The lowest BCUT2D eigenvalue weighted by atomic mass is 9.93. The number of hydrogen-bond donors (Lipinski definition) is 0. The summed E-state index contributed by atoms with van der Waals surface area (Å²) in [6.45, 7) is 3.47. The van der Waals surface area contributed by atoms with Gasteiger partial charge in [-0.2, -0.15) is 10.4 Å². The van der Waals surface area contributed by atoms with Gasteiger partial charge in [0.05, 0.1) is 12.8 Å². The molecule has 1 aliphatic heterocycles. The maximum absolute atomic E-state index is 13.2. The van der Waals surface area contributed by atoms with Crippen LogP contribution in [0, 0.1) is 11.3 Å². The number of likely N-dealkylation sites (N-methyl/N-ethyl adjacent to an activating group) is 1. The van der Waals surface area contributed by atoms with Crippen molar-refractivity contribution in [3.05, 3.63) is 83.1 Å². The van der Waals surface area contributed by atoms with E-state index in [1.165, 1.54) is 0 Å². The average molecular weight is 479 g/mol. The lowest BCUT2D eigenvalue weighted by Gasteiger charge is -2.26. The Morgan fingerprint density at radius 3 is 2.58 bits per heavy atom. The number of hydrogen-bond acceptors (Lipinski definition) is 6. The van der Waals surface area contributed by atoms with Crippen LogP contribution in [0.2, 0.25) is 0 Å². The van der Waals surface area contributed by atoms with Crippen molar-refractivity contribution in [2.24, 2.45) is 0 Å². The molecular weight excluding hydrogens is 456 g/mol. The second-order valence-corrected chi connectivity index (χ2v) is 8.23. The van der Waals surface area contributed by atoms with Crippen LogP contribution in [0.5, 0.6) is 5.75 Å². The molecule has 2 aromatic carbocycles. The fourth-order valence-corrected chi connectivity index (χ4v) is 4.28. The molecule has 0 saturated carbocycles. The SMILES string of the molecule is CCN1C(=O)C(=Cc2cn(-c3ccccc3)nc2-c2cc3cccc(OC)c3o2)C(C)=C(C#N)C1=O. The maximum atomic E-state index is 13.2. The molecule has 8 nitrogen and oxygen atoms in total. The number of para-hydroxylation sites is 2. The van der Waals surface area contributed by atoms with E-state index in [0.717, 1.165) is 16.0 Å². The minimum Gasteiger partial charge on any atom is -0.493 e. The van der Waals surface area contributed by atoms with Gasteiger partial charge in [-0.25, -0.2) is 4.68 Å². The first-order valence-electron chi connectivity index (χ1n) is 11.4. The van der Waals surface area contributed by atoms with Crippen molar-refractivity contribution in [3.8, 4) is 29.0 Å². The molecule has 0 radical (unpaired) electrons. The molecular formula is C28H22N4O4. The highest BCUT2D eigenvalue weighted by atomic mass is 16.5. The normalized spacial score (nSPS) is 15.2. The molecule has 36 heavy (non-hydrogen) atoms. The van der Waals surface area contributed by atoms with Crippen molar-refractivity contribution in [1.29, 1.82) is 5.26 Å². The molecule has 178 valence electrons. The molecule has 0 spiro atoms. The number of carbonyl (C=O) groups excluding carboxylic acids is 2. The number of methoxy groups -OCH3 is 1. The van der Waals surface area contributed by atoms with E-state index in [4.69, 9.17) is 14.3 Å². The molecule has 0 atom stereocenters. The van der Waals surface area contributed by atoms with Gasteiger partial charge in [0.2, 0.25) is 0 Å². The Morgan fingerprint density at radius 1 is 1.11 bits per heavy atom. The number of aromatic nitrogens is 2. The molecule has 0 unspecified atom stereocenters. The number of nitriles is 1. The number of carbonyl (C=O) groups is 2. The van der Waals surface area contributed by atoms with Gasteiger partial charge < -0.3 is 9.15 Å². The first-order chi connectivity index (χ1) is 17.5. The number of benzene rings is 2. The van der Waals surface area contributed by atoms with Gasteiger partial charge in [-0.05, 0) is 49.8 Å². The number of imide groups is 1. The summed E-state index contributed by atoms with van der Waals surface area (Å²) in [5.41, 5.74) is 3.06. The molecule has 5 rings (SSSR count). The van der Waals surface area contributed by atoms with E-state index in [-0.39, 0.29) is 17.7 Å². The zero-order valence-corrected chi connectivity index (χ0v) is 20.0. The number of amides is 2. The largest absolute Gasteiger partial charge is 0.493 e. The highest BCUT2D eigenvalue weighted by Crippen LogP contribution is 2.36. The lowest BCUT2D eigenvalue weighted by Crippen LogP contribution is -2.42. The minimum absolute atomic E-state index is 0.0480. The van der Waals surface area contributed by atoms with Gasteiger partial charge in [-0.1, -0.05) is 30.3 Å². The van der Waals surface area contributed by atoms with E-state index in [2.05, 4.69) is 0 Å². The topological polar surface area (TPSA) is 101 Å². The zero-order valence-electron chi connectivity index (χ0n) is 20.0. The van der Waals surface area contributed by atoms with Crippen LogP contribution in [0.15, 0.2) is 81.9 Å². The second-order valence-electron chi connectivity index (χ2n) is 8.23. The first-order valence-corrected chi connectivity index (χ1v) is 11.4. The molecule has 0 aliphatic carbocycles. The Kier molecular flexibility index (Phi) is 5.74. The van der Waals surface area contributed by atoms with Gasteiger partial charge in [-0.15, -0.1) is 0 Å². The standard InChI is InChI=1S/C28H22N4O4/c1-4-31-27(33)21(17(2)22(15-29)28(31)34)13-19-16-32(20-10-6-5-7-11-20)30-25(19)24-14-18-9-8-12-23(35-3)26(18)36-24/h5-14,16H,4H2,1-3H3. The Labute approximate surface area is 207 Å². The van der Waals surface area contributed by atoms with Crippen molar-refractivity contribution >= 4 is 28.9 Å². The number of nitrogens with zero attached hydrogens (tertiary/aromatic N) is 4. The molecule has 3 heterocycles. The van der Waals surface area contributed by atoms with Crippen molar-refractivity contribution in [2.45, 2.75) is 13.8 Å². The molecule has 4 aromatic rings. The van der Waals surface area contributed by atoms with Crippen LogP contribution in [-0.4, -0.2) is 40.1 Å². The van der Waals surface area contributed by atoms with E-state index in [1.54, 1.807) is 37.9 Å². The van der Waals surface area contributed by atoms with Crippen LogP contribution in [-0.2, 0) is 9.59 Å². The average Bonchev–Trinajstić information content (AvgIpc) is 3.52. The van der Waals surface area contributed by atoms with Crippen LogP contribution in [0.4, 0.5) is 0 Å². The summed E-state index contributed by atoms with van der Waals surface area (Å²) in [5.74, 6) is 0.0518. The molecule has 8 heteroatoms. The number of fused-ring (bicyclic) bond motifs is 1. The summed E-state index contributed by atoms with van der Waals surface area (Å²) in [6.07, 6.45) is 3.46. The Balaban J connectivity index is 1.74. The van der Waals surface area contributed by atoms with Gasteiger partial charge in [0, 0.05) is 29.3 Å². The van der Waals surface area contributed by atoms with Crippen LogP contribution in [0.3, 0.4) is 0 Å². The summed E-state index contributed by atoms with van der Waals surface area (Å²) in [5, 5.41) is 15.2. The van der Waals surface area contributed by atoms with Gasteiger partial charge in [0.1, 0.15) is 17.3 Å². The van der Waals surface area contributed by atoms with Gasteiger partial charge >= 0.3 is 0 Å². The quantitative estimate of drug-likeness (QED) is 0.299. The monoisotopic (exact) mass is 478 g/mol. The maximum Gasteiger partial charge on any atom is 0.271 e. The van der Waals surface area contributed by atoms with E-state index in [9.17, 15) is 14.9 Å². The zero-order chi connectivity index (χ0) is 25.4. The van der Waals surface area contributed by atoms with Crippen molar-refractivity contribution in [1.82, 2.24) is 14.7 Å². The highest BCUT2D eigenvalue weighted by Gasteiger charge is 2.34. The number of ether oxygens (including phenoxy) is 1. The molecule has 1 aliphatic rings. The molecule has 0 bridgehead atoms. The van der Waals surface area contributed by atoms with Crippen LogP contribution < -0.4 is 4.74 Å². The first kappa shape index (κ1) is 22.9. The van der Waals surface area contributed by atoms with Crippen LogP contribution in [0.25, 0.3) is 34.2 Å². The Hall–Kier alpha value is -4.90. The minimum atomic E-state index is -0.579. The van der Waals surface area contributed by atoms with Crippen LogP contribution in [0.1, 0.15) is 19.4 Å². The third-order valence-electron chi connectivity index (χ3n) is 6.17. The van der Waals surface area contributed by atoms with E-state index >= 15 is 0 Å². The molecule has 0 fully saturated rings. The highest BCUT2D eigenvalue weighted by molar-refractivity contribution is 6.19. The van der Waals surface area contributed by atoms with E-state index in [1.807, 2.05) is 60.7 Å². The molecule has 0 N–H and O–H groups in total. The second kappa shape index (κ2) is 9.04. The summed E-state index contributed by atoms with van der Waals surface area (Å²) in [6, 6.07) is 19.0. The smallest absolute Gasteiger partial charge is 0.271 e. The van der Waals surface area contributed by atoms with E-state index < -0.39 is 11.8 Å². The number of rotatable bonds is 5. The van der Waals surface area contributed by atoms with Gasteiger partial charge in [0.25, 0.3) is 11.8 Å². The van der Waals surface area contributed by atoms with Crippen molar-refractivity contribution in [2.75, 3.05) is 13.7 Å². The molecule has 2 aromatic heterocycles. The Morgan fingerprint density at radius 2 is 1.89 bits per heavy atom. The summed E-state index contributed by atoms with van der Waals surface area (Å²) in [7, 11) is 1.58. The molecule has 2 amide bonds. The van der Waals surface area contributed by atoms with Crippen LogP contribution >= 0.6 is 0 Å². The van der Waals surface area contributed by atoms with E-state index in [0.29, 0.717) is 33.9 Å². The fraction of sp³-hybridized carbons (Fsp3) is 0.143. The van der Waals surface area contributed by atoms with Gasteiger partial charge in [-0.3, -0.25) is 14.5 Å². The van der Waals surface area contributed by atoms with Gasteiger partial charge in [0.15, 0.2) is 17.1 Å².